The molecule has 1 fully saturated rings. The molecule has 0 bridgehead atoms. The highest BCUT2D eigenvalue weighted by Gasteiger charge is 2.33. The summed E-state index contributed by atoms with van der Waals surface area (Å²) in [6, 6.07) is 5.98. The molecule has 0 unspecified atom stereocenters. The summed E-state index contributed by atoms with van der Waals surface area (Å²) in [7, 11) is 1.55. The van der Waals surface area contributed by atoms with Gasteiger partial charge in [0.15, 0.2) is 0 Å². The van der Waals surface area contributed by atoms with E-state index in [1.165, 1.54) is 5.56 Å². The standard InChI is InChI=1S/C25H33N5O4/c1-3-34-24(31)22(19-14-21(33-2)16-26-15-19)17-30-13-12-29(25(30)32)11-5-7-20-9-8-18-6-4-10-27-23(18)28-20/h8-9,14-16,22H,3-7,10-13,17H2,1-2H3,(H,27,28)/t22-/m1/s1. The van der Waals surface area contributed by atoms with Gasteiger partial charge in [0.25, 0.3) is 0 Å². The summed E-state index contributed by atoms with van der Waals surface area (Å²) in [5.41, 5.74) is 3.00. The summed E-state index contributed by atoms with van der Waals surface area (Å²) in [5.74, 6) is 0.589. The summed E-state index contributed by atoms with van der Waals surface area (Å²) in [6.45, 7) is 5.15. The van der Waals surface area contributed by atoms with Crippen LogP contribution in [-0.2, 0) is 22.4 Å². The maximum absolute atomic E-state index is 13.0. The maximum atomic E-state index is 13.0. The van der Waals surface area contributed by atoms with Crippen LogP contribution in [0.3, 0.4) is 0 Å². The van der Waals surface area contributed by atoms with E-state index in [4.69, 9.17) is 14.5 Å². The van der Waals surface area contributed by atoms with Gasteiger partial charge in [-0.05, 0) is 55.9 Å². The fourth-order valence-electron chi connectivity index (χ4n) is 4.49. The van der Waals surface area contributed by atoms with Crippen molar-refractivity contribution in [3.8, 4) is 5.75 Å². The molecule has 182 valence electrons. The number of esters is 1. The van der Waals surface area contributed by atoms with Gasteiger partial charge >= 0.3 is 12.0 Å². The maximum Gasteiger partial charge on any atom is 0.320 e. The van der Waals surface area contributed by atoms with E-state index >= 15 is 0 Å². The second kappa shape index (κ2) is 11.2. The van der Waals surface area contributed by atoms with Crippen LogP contribution in [0.5, 0.6) is 5.75 Å². The van der Waals surface area contributed by atoms with Gasteiger partial charge in [0.05, 0.1) is 19.9 Å². The molecule has 2 aromatic heterocycles. The molecule has 0 radical (unpaired) electrons. The first kappa shape index (κ1) is 23.8. The van der Waals surface area contributed by atoms with Gasteiger partial charge in [0.1, 0.15) is 17.5 Å². The Morgan fingerprint density at radius 3 is 2.91 bits per heavy atom. The van der Waals surface area contributed by atoms with Crippen LogP contribution in [0.1, 0.15) is 42.5 Å². The molecule has 4 rings (SSSR count). The lowest BCUT2D eigenvalue weighted by atomic mass is 10.0. The second-order valence-corrected chi connectivity index (χ2v) is 8.62. The van der Waals surface area contributed by atoms with Crippen molar-refractivity contribution >= 4 is 17.8 Å². The summed E-state index contributed by atoms with van der Waals surface area (Å²) < 4.78 is 10.5. The Balaban J connectivity index is 1.34. The van der Waals surface area contributed by atoms with Crippen molar-refractivity contribution in [3.63, 3.8) is 0 Å². The molecule has 1 N–H and O–H groups in total. The van der Waals surface area contributed by atoms with Crippen LogP contribution >= 0.6 is 0 Å². The highest BCUT2D eigenvalue weighted by Crippen LogP contribution is 2.25. The van der Waals surface area contributed by atoms with E-state index in [1.807, 2.05) is 4.90 Å². The number of pyridine rings is 2. The normalized spacial score (nSPS) is 16.1. The average Bonchev–Trinajstić information content (AvgIpc) is 3.21. The smallest absolute Gasteiger partial charge is 0.320 e. The molecule has 4 heterocycles. The van der Waals surface area contributed by atoms with Gasteiger partial charge in [-0.3, -0.25) is 9.78 Å². The molecule has 0 aromatic carbocycles. The van der Waals surface area contributed by atoms with Gasteiger partial charge in [0.2, 0.25) is 0 Å². The average molecular weight is 468 g/mol. The number of nitrogens with zero attached hydrogens (tertiary/aromatic N) is 4. The van der Waals surface area contributed by atoms with Gasteiger partial charge in [-0.25, -0.2) is 9.78 Å². The number of nitrogens with one attached hydrogen (secondary N) is 1. The quantitative estimate of drug-likeness (QED) is 0.537. The van der Waals surface area contributed by atoms with E-state index in [0.29, 0.717) is 30.9 Å². The van der Waals surface area contributed by atoms with Gasteiger partial charge in [-0.15, -0.1) is 0 Å². The number of ether oxygens (including phenoxy) is 2. The summed E-state index contributed by atoms with van der Waals surface area (Å²) in [5, 5.41) is 3.37. The molecular formula is C25H33N5O4. The third-order valence-corrected chi connectivity index (χ3v) is 6.34. The Morgan fingerprint density at radius 1 is 1.24 bits per heavy atom. The minimum atomic E-state index is -0.612. The van der Waals surface area contributed by atoms with Crippen molar-refractivity contribution in [1.82, 2.24) is 19.8 Å². The van der Waals surface area contributed by atoms with Crippen LogP contribution in [-0.4, -0.2) is 78.2 Å². The topological polar surface area (TPSA) is 96.9 Å². The molecule has 2 aromatic rings. The molecule has 1 atom stereocenters. The molecule has 0 saturated carbocycles. The lowest BCUT2D eigenvalue weighted by Crippen LogP contribution is -2.37. The Hall–Kier alpha value is -3.36. The van der Waals surface area contributed by atoms with Crippen LogP contribution in [0.2, 0.25) is 0 Å². The number of fused-ring (bicyclic) bond motifs is 1. The third-order valence-electron chi connectivity index (χ3n) is 6.34. The minimum absolute atomic E-state index is 0.0507. The Morgan fingerprint density at radius 2 is 2.09 bits per heavy atom. The lowest BCUT2D eigenvalue weighted by Gasteiger charge is -2.23. The van der Waals surface area contributed by atoms with Crippen molar-refractivity contribution in [2.75, 3.05) is 51.8 Å². The van der Waals surface area contributed by atoms with Gasteiger partial charge in [-0.1, -0.05) is 6.07 Å². The highest BCUT2D eigenvalue weighted by atomic mass is 16.5. The highest BCUT2D eigenvalue weighted by molar-refractivity contribution is 5.81. The zero-order chi connectivity index (χ0) is 23.9. The van der Waals surface area contributed by atoms with E-state index < -0.39 is 5.92 Å². The van der Waals surface area contributed by atoms with E-state index in [9.17, 15) is 9.59 Å². The number of hydrogen-bond donors (Lipinski definition) is 1. The van der Waals surface area contributed by atoms with Crippen molar-refractivity contribution in [1.29, 1.82) is 0 Å². The number of carbonyl (C=O) groups is 2. The Bertz CT molecular complexity index is 1010. The second-order valence-electron chi connectivity index (χ2n) is 8.62. The zero-order valence-electron chi connectivity index (χ0n) is 20.0. The molecule has 0 spiro atoms. The number of rotatable bonds is 10. The summed E-state index contributed by atoms with van der Waals surface area (Å²) >= 11 is 0. The van der Waals surface area contributed by atoms with Crippen LogP contribution < -0.4 is 10.1 Å². The van der Waals surface area contributed by atoms with Crippen LogP contribution in [0.25, 0.3) is 0 Å². The summed E-state index contributed by atoms with van der Waals surface area (Å²) in [6.07, 6.45) is 7.09. The van der Waals surface area contributed by atoms with E-state index in [1.54, 1.807) is 37.4 Å². The third kappa shape index (κ3) is 5.58. The van der Waals surface area contributed by atoms with Crippen LogP contribution in [0, 0.1) is 0 Å². The van der Waals surface area contributed by atoms with Crippen molar-refractivity contribution in [2.45, 2.75) is 38.5 Å². The molecule has 9 heteroatoms. The van der Waals surface area contributed by atoms with Gasteiger partial charge in [-0.2, -0.15) is 0 Å². The molecule has 2 aliphatic rings. The van der Waals surface area contributed by atoms with E-state index in [0.717, 1.165) is 43.7 Å². The molecule has 2 amide bonds. The van der Waals surface area contributed by atoms with Gasteiger partial charge in [0, 0.05) is 44.6 Å². The predicted molar refractivity (Wildman–Crippen MR) is 128 cm³/mol. The number of aryl methyl sites for hydroxylation is 2. The minimum Gasteiger partial charge on any atom is -0.495 e. The molecular weight excluding hydrogens is 434 g/mol. The molecule has 0 aliphatic carbocycles. The van der Waals surface area contributed by atoms with Crippen molar-refractivity contribution < 1.29 is 19.1 Å². The fraction of sp³-hybridized carbons (Fsp3) is 0.520. The van der Waals surface area contributed by atoms with E-state index in [-0.39, 0.29) is 25.2 Å². The molecule has 9 nitrogen and oxygen atoms in total. The monoisotopic (exact) mass is 467 g/mol. The predicted octanol–water partition coefficient (Wildman–Crippen LogP) is 2.86. The van der Waals surface area contributed by atoms with Crippen LogP contribution in [0.4, 0.5) is 10.6 Å². The number of anilines is 1. The number of methoxy groups -OCH3 is 1. The first-order valence-corrected chi connectivity index (χ1v) is 12.0. The first-order valence-electron chi connectivity index (χ1n) is 12.0. The molecule has 2 aliphatic heterocycles. The Kier molecular flexibility index (Phi) is 7.82. The number of carbonyl (C=O) groups excluding carboxylic acids is 2. The first-order chi connectivity index (χ1) is 16.6. The molecule has 1 saturated heterocycles. The number of amides is 2. The van der Waals surface area contributed by atoms with Crippen molar-refractivity contribution in [3.05, 3.63) is 47.4 Å². The van der Waals surface area contributed by atoms with E-state index in [2.05, 4.69) is 22.4 Å². The lowest BCUT2D eigenvalue weighted by molar-refractivity contribution is -0.145. The fourth-order valence-corrected chi connectivity index (χ4v) is 4.49. The molecule has 34 heavy (non-hydrogen) atoms. The Labute approximate surface area is 200 Å². The SMILES string of the molecule is CCOC(=O)[C@H](CN1CCN(CCCc2ccc3c(n2)NCCC3)C1=O)c1cncc(OC)c1. The largest absolute Gasteiger partial charge is 0.495 e. The number of aromatic nitrogens is 2. The van der Waals surface area contributed by atoms with Gasteiger partial charge < -0.3 is 24.6 Å². The number of urea groups is 1. The number of hydrogen-bond acceptors (Lipinski definition) is 7. The zero-order valence-corrected chi connectivity index (χ0v) is 20.0. The van der Waals surface area contributed by atoms with Crippen molar-refractivity contribution in [2.24, 2.45) is 0 Å². The van der Waals surface area contributed by atoms with Crippen LogP contribution in [0.15, 0.2) is 30.6 Å². The summed E-state index contributed by atoms with van der Waals surface area (Å²) in [4.78, 5) is 38.2.